The Morgan fingerprint density at radius 1 is 1.61 bits per heavy atom. The smallest absolute Gasteiger partial charge is 0.325 e. The van der Waals surface area contributed by atoms with Crippen LogP contribution in [0, 0.1) is 11.3 Å². The van der Waals surface area contributed by atoms with Gasteiger partial charge in [-0.1, -0.05) is 0 Å². The molecule has 2 aromatic rings. The third kappa shape index (κ3) is 2.58. The van der Waals surface area contributed by atoms with Gasteiger partial charge in [-0.15, -0.1) is 5.10 Å². The van der Waals surface area contributed by atoms with Crippen molar-refractivity contribution >= 4 is 17.7 Å². The average molecular weight is 263 g/mol. The van der Waals surface area contributed by atoms with E-state index in [9.17, 15) is 4.79 Å². The van der Waals surface area contributed by atoms with E-state index < -0.39 is 5.97 Å². The molecule has 0 atom stereocenters. The topological polar surface area (TPSA) is 130 Å². The Balaban J connectivity index is 2.27. The fraction of sp³-hybridized carbons (Fsp3) is 0.125. The van der Waals surface area contributed by atoms with Gasteiger partial charge < -0.3 is 5.11 Å². The SMILES string of the molecule is N#Cc1cncnc1Sc1nnnn1CC(=O)O. The highest BCUT2D eigenvalue weighted by Gasteiger charge is 2.14. The maximum absolute atomic E-state index is 10.6. The van der Waals surface area contributed by atoms with E-state index in [4.69, 9.17) is 10.4 Å². The van der Waals surface area contributed by atoms with Gasteiger partial charge >= 0.3 is 5.97 Å². The summed E-state index contributed by atoms with van der Waals surface area (Å²) in [6.07, 6.45) is 2.65. The number of hydrogen-bond donors (Lipinski definition) is 1. The van der Waals surface area contributed by atoms with Crippen molar-refractivity contribution in [3.05, 3.63) is 18.1 Å². The van der Waals surface area contributed by atoms with Crippen LogP contribution in [0.5, 0.6) is 0 Å². The molecule has 0 fully saturated rings. The fourth-order valence-electron chi connectivity index (χ4n) is 1.06. The number of aromatic nitrogens is 6. The van der Waals surface area contributed by atoms with Gasteiger partial charge in [-0.05, 0) is 22.2 Å². The number of tetrazole rings is 1. The minimum atomic E-state index is -1.06. The molecule has 0 aliphatic rings. The minimum Gasteiger partial charge on any atom is -0.480 e. The highest BCUT2D eigenvalue weighted by molar-refractivity contribution is 7.99. The van der Waals surface area contributed by atoms with Gasteiger partial charge in [-0.2, -0.15) is 5.26 Å². The molecular formula is C8H5N7O2S. The van der Waals surface area contributed by atoms with Crippen LogP contribution < -0.4 is 0 Å². The summed E-state index contributed by atoms with van der Waals surface area (Å²) in [7, 11) is 0. The monoisotopic (exact) mass is 263 g/mol. The van der Waals surface area contributed by atoms with Crippen molar-refractivity contribution in [1.29, 1.82) is 5.26 Å². The summed E-state index contributed by atoms with van der Waals surface area (Å²) < 4.78 is 1.11. The first-order valence-electron chi connectivity index (χ1n) is 4.56. The highest BCUT2D eigenvalue weighted by Crippen LogP contribution is 2.25. The Hall–Kier alpha value is -2.54. The zero-order valence-electron chi connectivity index (χ0n) is 8.76. The lowest BCUT2D eigenvalue weighted by molar-refractivity contribution is -0.138. The van der Waals surface area contributed by atoms with Gasteiger partial charge in [0.25, 0.3) is 0 Å². The molecule has 0 aliphatic heterocycles. The van der Waals surface area contributed by atoms with E-state index >= 15 is 0 Å². The maximum atomic E-state index is 10.6. The molecule has 0 aromatic carbocycles. The van der Waals surface area contributed by atoms with Crippen LogP contribution >= 0.6 is 11.8 Å². The number of carbonyl (C=O) groups is 1. The molecule has 0 aliphatic carbocycles. The summed E-state index contributed by atoms with van der Waals surface area (Å²) in [5.41, 5.74) is 0.271. The Kier molecular flexibility index (Phi) is 3.44. The molecule has 10 heteroatoms. The van der Waals surface area contributed by atoms with Gasteiger partial charge in [0.15, 0.2) is 0 Å². The lowest BCUT2D eigenvalue weighted by Gasteiger charge is -2.01. The molecule has 18 heavy (non-hydrogen) atoms. The number of aliphatic carboxylic acids is 1. The molecule has 0 spiro atoms. The van der Waals surface area contributed by atoms with E-state index in [1.165, 1.54) is 12.5 Å². The van der Waals surface area contributed by atoms with Gasteiger partial charge in [-0.25, -0.2) is 14.6 Å². The highest BCUT2D eigenvalue weighted by atomic mass is 32.2. The maximum Gasteiger partial charge on any atom is 0.325 e. The van der Waals surface area contributed by atoms with E-state index in [1.807, 2.05) is 6.07 Å². The third-order valence-electron chi connectivity index (χ3n) is 1.77. The van der Waals surface area contributed by atoms with Crippen molar-refractivity contribution in [3.8, 4) is 6.07 Å². The Labute approximate surface area is 104 Å². The molecule has 9 nitrogen and oxygen atoms in total. The molecule has 2 rings (SSSR count). The molecule has 0 bridgehead atoms. The molecule has 2 aromatic heterocycles. The number of carboxylic acid groups (broad SMARTS) is 1. The largest absolute Gasteiger partial charge is 0.480 e. The summed E-state index contributed by atoms with van der Waals surface area (Å²) in [5, 5.41) is 28.7. The van der Waals surface area contributed by atoms with E-state index in [2.05, 4.69) is 25.5 Å². The molecule has 1 N–H and O–H groups in total. The fourth-order valence-corrected chi connectivity index (χ4v) is 1.82. The molecule has 0 unspecified atom stereocenters. The van der Waals surface area contributed by atoms with Gasteiger partial charge in [-0.3, -0.25) is 4.79 Å². The second-order valence-electron chi connectivity index (χ2n) is 2.97. The predicted molar refractivity (Wildman–Crippen MR) is 56.3 cm³/mol. The minimum absolute atomic E-state index is 0.243. The van der Waals surface area contributed by atoms with Gasteiger partial charge in [0, 0.05) is 6.20 Å². The number of nitrogens with zero attached hydrogens (tertiary/aromatic N) is 7. The summed E-state index contributed by atoms with van der Waals surface area (Å²) >= 11 is 1.00. The molecule has 0 radical (unpaired) electrons. The number of rotatable bonds is 4. The Bertz CT molecular complexity index is 620. The molecule has 0 amide bonds. The Morgan fingerprint density at radius 3 is 3.17 bits per heavy atom. The summed E-state index contributed by atoms with van der Waals surface area (Å²) in [6, 6.07) is 1.93. The van der Waals surface area contributed by atoms with Crippen molar-refractivity contribution in [2.75, 3.05) is 0 Å². The van der Waals surface area contributed by atoms with E-state index in [0.717, 1.165) is 16.4 Å². The van der Waals surface area contributed by atoms with Crippen molar-refractivity contribution in [3.63, 3.8) is 0 Å². The van der Waals surface area contributed by atoms with Crippen molar-refractivity contribution in [1.82, 2.24) is 30.2 Å². The van der Waals surface area contributed by atoms with Crippen LogP contribution in [-0.4, -0.2) is 41.3 Å². The molecule has 90 valence electrons. The first kappa shape index (κ1) is 11.9. The van der Waals surface area contributed by atoms with E-state index in [1.54, 1.807) is 0 Å². The summed E-state index contributed by atoms with van der Waals surface area (Å²) in [5.74, 6) is -1.06. The first-order valence-corrected chi connectivity index (χ1v) is 5.38. The van der Waals surface area contributed by atoms with Crippen LogP contribution in [0.25, 0.3) is 0 Å². The van der Waals surface area contributed by atoms with Crippen molar-refractivity contribution in [2.24, 2.45) is 0 Å². The van der Waals surface area contributed by atoms with Crippen molar-refractivity contribution in [2.45, 2.75) is 16.7 Å². The van der Waals surface area contributed by atoms with Crippen molar-refractivity contribution < 1.29 is 9.90 Å². The van der Waals surface area contributed by atoms with Crippen LogP contribution in [0.1, 0.15) is 5.56 Å². The number of nitriles is 1. The van der Waals surface area contributed by atoms with Crippen LogP contribution in [0.3, 0.4) is 0 Å². The van der Waals surface area contributed by atoms with Gasteiger partial charge in [0.05, 0.1) is 0 Å². The lowest BCUT2D eigenvalue weighted by atomic mass is 10.4. The number of hydrogen-bond acceptors (Lipinski definition) is 8. The summed E-state index contributed by atoms with van der Waals surface area (Å²) in [6.45, 7) is -0.359. The van der Waals surface area contributed by atoms with Gasteiger partial charge in [0.2, 0.25) is 5.16 Å². The zero-order valence-corrected chi connectivity index (χ0v) is 9.57. The third-order valence-corrected chi connectivity index (χ3v) is 2.76. The van der Waals surface area contributed by atoms with Gasteiger partial charge in [0.1, 0.15) is 29.5 Å². The van der Waals surface area contributed by atoms with Crippen LogP contribution in [-0.2, 0) is 11.3 Å². The Morgan fingerprint density at radius 2 is 2.44 bits per heavy atom. The molecule has 0 saturated carbocycles. The normalized spacial score (nSPS) is 9.94. The molecular weight excluding hydrogens is 258 g/mol. The predicted octanol–water partition coefficient (Wildman–Crippen LogP) is -0.429. The summed E-state index contributed by atoms with van der Waals surface area (Å²) in [4.78, 5) is 18.2. The van der Waals surface area contributed by atoms with Crippen LogP contribution in [0.15, 0.2) is 22.7 Å². The van der Waals surface area contributed by atoms with Crippen LogP contribution in [0.4, 0.5) is 0 Å². The second kappa shape index (κ2) is 5.19. The lowest BCUT2D eigenvalue weighted by Crippen LogP contribution is -2.11. The number of carboxylic acids is 1. The second-order valence-corrected chi connectivity index (χ2v) is 3.92. The average Bonchev–Trinajstić information content (AvgIpc) is 2.76. The van der Waals surface area contributed by atoms with Crippen LogP contribution in [0.2, 0.25) is 0 Å². The standard InChI is InChI=1S/C8H5N7O2S/c9-1-5-2-10-4-11-7(5)18-8-12-13-14-15(8)3-6(16)17/h2,4H,3H2,(H,16,17). The van der Waals surface area contributed by atoms with E-state index in [-0.39, 0.29) is 17.3 Å². The first-order chi connectivity index (χ1) is 8.70. The van der Waals surface area contributed by atoms with E-state index in [0.29, 0.717) is 5.03 Å². The molecule has 0 saturated heterocycles. The zero-order chi connectivity index (χ0) is 13.0. The molecule has 2 heterocycles. The quantitative estimate of drug-likeness (QED) is 0.730.